The predicted molar refractivity (Wildman–Crippen MR) is 124 cm³/mol. The minimum absolute atomic E-state index is 0.00373. The summed E-state index contributed by atoms with van der Waals surface area (Å²) in [6, 6.07) is 8.81. The van der Waals surface area contributed by atoms with Crippen molar-refractivity contribution in [2.45, 2.75) is 57.5 Å². The number of hydrogen-bond acceptors (Lipinski definition) is 5. The van der Waals surface area contributed by atoms with E-state index in [2.05, 4.69) is 11.5 Å². The Hall–Kier alpha value is -2.65. The fourth-order valence-corrected chi connectivity index (χ4v) is 4.51. The fourth-order valence-electron chi connectivity index (χ4n) is 3.59. The van der Waals surface area contributed by atoms with Crippen molar-refractivity contribution in [3.63, 3.8) is 0 Å². The van der Waals surface area contributed by atoms with Crippen molar-refractivity contribution in [3.8, 4) is 0 Å². The Morgan fingerprint density at radius 3 is 2.53 bits per heavy atom. The highest BCUT2D eigenvalue weighted by molar-refractivity contribution is 7.89. The number of carbonyl (C=O) groups excluding carboxylic acids is 1. The van der Waals surface area contributed by atoms with E-state index in [9.17, 15) is 13.2 Å². The van der Waals surface area contributed by atoms with Gasteiger partial charge < -0.3 is 13.9 Å². The zero-order chi connectivity index (χ0) is 23.5. The van der Waals surface area contributed by atoms with E-state index in [1.54, 1.807) is 24.1 Å². The van der Waals surface area contributed by atoms with Gasteiger partial charge in [-0.05, 0) is 43.7 Å². The van der Waals surface area contributed by atoms with Gasteiger partial charge in [0.1, 0.15) is 17.3 Å². The number of fused-ring (bicyclic) bond motifs is 1. The quantitative estimate of drug-likeness (QED) is 0.461. The lowest BCUT2D eigenvalue weighted by Gasteiger charge is -2.16. The molecule has 0 aliphatic heterocycles. The number of carbonyl (C=O) groups is 1. The zero-order valence-corrected chi connectivity index (χ0v) is 20.3. The fraction of sp³-hybridized carbons (Fsp3) is 0.478. The van der Waals surface area contributed by atoms with Crippen molar-refractivity contribution in [1.82, 2.24) is 18.8 Å². The number of aromatic nitrogens is 2. The summed E-state index contributed by atoms with van der Waals surface area (Å²) in [4.78, 5) is 19.3. The first kappa shape index (κ1) is 24.0. The van der Waals surface area contributed by atoms with Gasteiger partial charge in [-0.25, -0.2) is 17.7 Å². The Balaban J connectivity index is 1.81. The molecule has 3 rings (SSSR count). The second-order valence-corrected chi connectivity index (χ2v) is 10.4. The highest BCUT2D eigenvalue weighted by Crippen LogP contribution is 2.23. The van der Waals surface area contributed by atoms with Gasteiger partial charge in [-0.1, -0.05) is 13.3 Å². The first-order valence-electron chi connectivity index (χ1n) is 10.8. The second-order valence-electron chi connectivity index (χ2n) is 8.23. The number of benzene rings is 1. The van der Waals surface area contributed by atoms with Crippen LogP contribution in [0.5, 0.6) is 0 Å². The van der Waals surface area contributed by atoms with Crippen molar-refractivity contribution in [2.75, 3.05) is 21.1 Å². The van der Waals surface area contributed by atoms with Crippen LogP contribution in [-0.4, -0.2) is 54.2 Å². The Bertz CT molecular complexity index is 1190. The number of rotatable bonds is 10. The van der Waals surface area contributed by atoms with E-state index in [1.807, 2.05) is 25.1 Å². The molecule has 3 aromatic rings. The van der Waals surface area contributed by atoms with Crippen LogP contribution in [0.1, 0.15) is 43.5 Å². The second kappa shape index (κ2) is 9.87. The molecule has 2 heterocycles. The van der Waals surface area contributed by atoms with Gasteiger partial charge in [-0.2, -0.15) is 0 Å². The van der Waals surface area contributed by atoms with Crippen LogP contribution in [0.2, 0.25) is 0 Å². The molecule has 0 radical (unpaired) electrons. The number of amides is 1. The van der Waals surface area contributed by atoms with Crippen molar-refractivity contribution < 1.29 is 17.6 Å². The van der Waals surface area contributed by atoms with Crippen molar-refractivity contribution in [1.29, 1.82) is 0 Å². The lowest BCUT2D eigenvalue weighted by molar-refractivity contribution is -0.130. The lowest BCUT2D eigenvalue weighted by Crippen LogP contribution is -2.26. The molecular formula is C23H32N4O4S. The Morgan fingerprint density at radius 2 is 1.91 bits per heavy atom. The van der Waals surface area contributed by atoms with Crippen molar-refractivity contribution in [3.05, 3.63) is 47.7 Å². The average molecular weight is 461 g/mol. The van der Waals surface area contributed by atoms with Gasteiger partial charge in [0, 0.05) is 40.5 Å². The molecule has 8 nitrogen and oxygen atoms in total. The molecule has 1 amide bonds. The molecule has 0 aliphatic carbocycles. The predicted octanol–water partition coefficient (Wildman–Crippen LogP) is 3.58. The third-order valence-electron chi connectivity index (χ3n) is 5.49. The summed E-state index contributed by atoms with van der Waals surface area (Å²) in [6.45, 7) is 5.19. The topological polar surface area (TPSA) is 88.6 Å². The van der Waals surface area contributed by atoms with Gasteiger partial charge in [0.15, 0.2) is 0 Å². The van der Waals surface area contributed by atoms with E-state index in [-0.39, 0.29) is 10.8 Å². The molecule has 0 fully saturated rings. The van der Waals surface area contributed by atoms with Crippen LogP contribution in [0, 0.1) is 6.92 Å². The average Bonchev–Trinajstić information content (AvgIpc) is 3.32. The molecule has 174 valence electrons. The number of unbranched alkanes of at least 4 members (excludes halogenated alkanes) is 1. The molecule has 0 unspecified atom stereocenters. The summed E-state index contributed by atoms with van der Waals surface area (Å²) in [7, 11) is 1.24. The monoisotopic (exact) mass is 460 g/mol. The summed E-state index contributed by atoms with van der Waals surface area (Å²) in [5.41, 5.74) is 1.52. The zero-order valence-electron chi connectivity index (χ0n) is 19.5. The Labute approximate surface area is 189 Å². The van der Waals surface area contributed by atoms with Crippen LogP contribution in [-0.2, 0) is 34.3 Å². The van der Waals surface area contributed by atoms with Crippen LogP contribution >= 0.6 is 0 Å². The third-order valence-corrected chi connectivity index (χ3v) is 7.30. The molecule has 0 atom stereocenters. The van der Waals surface area contributed by atoms with E-state index >= 15 is 0 Å². The van der Waals surface area contributed by atoms with Crippen LogP contribution < -0.4 is 0 Å². The first-order chi connectivity index (χ1) is 15.1. The minimum Gasteiger partial charge on any atom is -0.464 e. The molecular weight excluding hydrogens is 428 g/mol. The molecule has 9 heteroatoms. The highest BCUT2D eigenvalue weighted by atomic mass is 32.2. The van der Waals surface area contributed by atoms with Crippen LogP contribution in [0.15, 0.2) is 39.6 Å². The van der Waals surface area contributed by atoms with E-state index in [0.717, 1.165) is 42.2 Å². The number of sulfonamides is 1. The van der Waals surface area contributed by atoms with Crippen LogP contribution in [0.3, 0.4) is 0 Å². The number of hydrogen-bond donors (Lipinski definition) is 0. The van der Waals surface area contributed by atoms with Crippen molar-refractivity contribution >= 4 is 27.0 Å². The van der Waals surface area contributed by atoms with E-state index in [0.29, 0.717) is 24.9 Å². The van der Waals surface area contributed by atoms with Gasteiger partial charge in [-0.3, -0.25) is 4.79 Å². The minimum atomic E-state index is -3.54. The number of furan rings is 1. The van der Waals surface area contributed by atoms with E-state index in [4.69, 9.17) is 9.40 Å². The summed E-state index contributed by atoms with van der Waals surface area (Å²) in [5.74, 6) is 2.37. The largest absolute Gasteiger partial charge is 0.464 e. The van der Waals surface area contributed by atoms with E-state index < -0.39 is 10.0 Å². The number of aryl methyl sites for hydroxylation is 3. The standard InChI is InChI=1S/C23H32N4O4S/c1-6-7-14-27-21-11-10-19(32(29,30)25(3)4)15-20(21)24-22(27)12-13-23(28)26(5)16-18-9-8-17(2)31-18/h8-11,15H,6-7,12-14,16H2,1-5H3. The van der Waals surface area contributed by atoms with Gasteiger partial charge in [0.2, 0.25) is 15.9 Å². The summed E-state index contributed by atoms with van der Waals surface area (Å²) < 4.78 is 33.9. The summed E-state index contributed by atoms with van der Waals surface area (Å²) in [5, 5.41) is 0. The number of nitrogens with zero attached hydrogens (tertiary/aromatic N) is 4. The molecule has 0 bridgehead atoms. The first-order valence-corrected chi connectivity index (χ1v) is 12.3. The number of imidazole rings is 1. The maximum absolute atomic E-state index is 12.7. The van der Waals surface area contributed by atoms with Gasteiger partial charge >= 0.3 is 0 Å². The molecule has 2 aromatic heterocycles. The van der Waals surface area contributed by atoms with Crippen LogP contribution in [0.25, 0.3) is 11.0 Å². The summed E-state index contributed by atoms with van der Waals surface area (Å²) >= 11 is 0. The maximum atomic E-state index is 12.7. The molecule has 0 saturated carbocycles. The Morgan fingerprint density at radius 1 is 1.16 bits per heavy atom. The van der Waals surface area contributed by atoms with E-state index in [1.165, 1.54) is 18.4 Å². The van der Waals surface area contributed by atoms with Gasteiger partial charge in [-0.15, -0.1) is 0 Å². The molecule has 0 N–H and O–H groups in total. The molecule has 0 spiro atoms. The van der Waals surface area contributed by atoms with Crippen LogP contribution in [0.4, 0.5) is 0 Å². The molecule has 0 aliphatic rings. The Kier molecular flexibility index (Phi) is 7.40. The lowest BCUT2D eigenvalue weighted by atomic mass is 10.2. The smallest absolute Gasteiger partial charge is 0.242 e. The summed E-state index contributed by atoms with van der Waals surface area (Å²) in [6.07, 6.45) is 2.79. The normalized spacial score (nSPS) is 12.1. The van der Waals surface area contributed by atoms with Crippen molar-refractivity contribution in [2.24, 2.45) is 0 Å². The maximum Gasteiger partial charge on any atom is 0.242 e. The third kappa shape index (κ3) is 5.21. The SMILES string of the molecule is CCCCn1c(CCC(=O)N(C)Cc2ccc(C)o2)nc2cc(S(=O)(=O)N(C)C)ccc21. The van der Waals surface area contributed by atoms with Gasteiger partial charge in [0.25, 0.3) is 0 Å². The molecule has 1 aromatic carbocycles. The molecule has 32 heavy (non-hydrogen) atoms. The molecule has 0 saturated heterocycles. The highest BCUT2D eigenvalue weighted by Gasteiger charge is 2.20. The van der Waals surface area contributed by atoms with Gasteiger partial charge in [0.05, 0.1) is 22.5 Å².